The SMILES string of the molecule is CI(C)NPO. The molecule has 6 heavy (non-hydrogen) atoms. The molecular formula is C2H9INOP. The van der Waals surface area contributed by atoms with Gasteiger partial charge in [-0.25, -0.2) is 0 Å². The second-order valence-electron chi connectivity index (χ2n) is 0.962. The summed E-state index contributed by atoms with van der Waals surface area (Å²) in [4.78, 5) is 12.5. The Kier molecular flexibility index (Phi) is 5.01. The van der Waals surface area contributed by atoms with Crippen LogP contribution in [0.4, 0.5) is 0 Å². The van der Waals surface area contributed by atoms with Crippen LogP contribution >= 0.6 is 29.1 Å². The third-order valence-corrected chi connectivity index (χ3v) is 4.65. The molecule has 0 fully saturated rings. The zero-order valence-electron chi connectivity index (χ0n) is 3.83. The first-order valence-electron chi connectivity index (χ1n) is 1.42. The van der Waals surface area contributed by atoms with Crippen molar-refractivity contribution < 1.29 is 4.89 Å². The van der Waals surface area contributed by atoms with Crippen LogP contribution in [0, 0.1) is 0 Å². The minimum absolute atomic E-state index is 0.0423. The second-order valence-corrected chi connectivity index (χ2v) is 7.31. The first-order valence-corrected chi connectivity index (χ1v) is 7.76. The van der Waals surface area contributed by atoms with Crippen molar-refractivity contribution >= 4 is 29.1 Å². The summed E-state index contributed by atoms with van der Waals surface area (Å²) in [7, 11) is -0.0423. The van der Waals surface area contributed by atoms with Gasteiger partial charge in [0.1, 0.15) is 0 Å². The van der Waals surface area contributed by atoms with Crippen LogP contribution in [0.1, 0.15) is 0 Å². The van der Waals surface area contributed by atoms with E-state index in [-0.39, 0.29) is 8.96 Å². The Bertz CT molecular complexity index is 34.7. The molecule has 1 unspecified atom stereocenters. The molecule has 0 amide bonds. The molecule has 1 atom stereocenters. The number of nitrogens with one attached hydrogen (secondary N) is 1. The Morgan fingerprint density at radius 1 is 1.67 bits per heavy atom. The Morgan fingerprint density at radius 2 is 2.17 bits per heavy atom. The molecule has 0 heterocycles. The van der Waals surface area contributed by atoms with Crippen LogP contribution in [0.25, 0.3) is 0 Å². The molecule has 0 aliphatic rings. The van der Waals surface area contributed by atoms with Crippen LogP contribution in [0.5, 0.6) is 0 Å². The molecule has 0 rings (SSSR count). The van der Waals surface area contributed by atoms with E-state index in [9.17, 15) is 0 Å². The van der Waals surface area contributed by atoms with Gasteiger partial charge in [-0.3, -0.25) is 0 Å². The fraction of sp³-hybridized carbons (Fsp3) is 1.00. The zero-order valence-corrected chi connectivity index (χ0v) is 6.98. The standard InChI is InChI=1S/C2H9INOP/c1-3(2)4-6-5/h4-6H,1-2H3. The van der Waals surface area contributed by atoms with Gasteiger partial charge in [-0.05, 0) is 0 Å². The molecule has 0 aromatic heterocycles. The van der Waals surface area contributed by atoms with Gasteiger partial charge >= 0.3 is 47.1 Å². The third kappa shape index (κ3) is 5.08. The van der Waals surface area contributed by atoms with Crippen LogP contribution < -0.4 is 3.30 Å². The summed E-state index contributed by atoms with van der Waals surface area (Å²) >= 11 is -0.795. The normalized spacial score (nSPS) is 13.5. The van der Waals surface area contributed by atoms with E-state index in [1.807, 2.05) is 0 Å². The predicted octanol–water partition coefficient (Wildman–Crippen LogP) is 0.758. The third-order valence-electron chi connectivity index (χ3n) is 0.231. The van der Waals surface area contributed by atoms with E-state index in [1.54, 1.807) is 0 Å². The summed E-state index contributed by atoms with van der Waals surface area (Å²) in [6, 6.07) is 0. The van der Waals surface area contributed by atoms with Crippen molar-refractivity contribution in [2.75, 3.05) is 9.86 Å². The summed E-state index contributed by atoms with van der Waals surface area (Å²) in [6.07, 6.45) is 0. The first-order chi connectivity index (χ1) is 2.77. The number of halogens is 1. The van der Waals surface area contributed by atoms with Gasteiger partial charge < -0.3 is 0 Å². The summed E-state index contributed by atoms with van der Waals surface area (Å²) in [5, 5.41) is 0. The van der Waals surface area contributed by atoms with E-state index in [1.165, 1.54) is 0 Å². The zero-order chi connectivity index (χ0) is 4.99. The summed E-state index contributed by atoms with van der Waals surface area (Å²) < 4.78 is 2.95. The van der Waals surface area contributed by atoms with Gasteiger partial charge in [0.25, 0.3) is 0 Å². The summed E-state index contributed by atoms with van der Waals surface area (Å²) in [5.41, 5.74) is 0. The molecule has 40 valence electrons. The van der Waals surface area contributed by atoms with Crippen molar-refractivity contribution in [3.8, 4) is 0 Å². The van der Waals surface area contributed by atoms with Crippen molar-refractivity contribution in [1.82, 2.24) is 3.30 Å². The molecule has 0 saturated heterocycles. The van der Waals surface area contributed by atoms with E-state index in [2.05, 4.69) is 13.2 Å². The van der Waals surface area contributed by atoms with Crippen LogP contribution in [-0.2, 0) is 0 Å². The first kappa shape index (κ1) is 7.08. The molecule has 0 aliphatic carbocycles. The fourth-order valence-corrected chi connectivity index (χ4v) is 1.70. The van der Waals surface area contributed by atoms with Gasteiger partial charge in [-0.2, -0.15) is 0 Å². The summed E-state index contributed by atoms with van der Waals surface area (Å²) in [6.45, 7) is 0. The van der Waals surface area contributed by atoms with Gasteiger partial charge in [0, 0.05) is 0 Å². The quantitative estimate of drug-likeness (QED) is 0.312. The van der Waals surface area contributed by atoms with Gasteiger partial charge in [-0.1, -0.05) is 0 Å². The molecule has 0 aliphatic heterocycles. The van der Waals surface area contributed by atoms with Gasteiger partial charge in [0.15, 0.2) is 0 Å². The Hall–Kier alpha value is 1.08. The van der Waals surface area contributed by atoms with Gasteiger partial charge in [0.2, 0.25) is 0 Å². The average molecular weight is 221 g/mol. The van der Waals surface area contributed by atoms with Crippen LogP contribution in [-0.4, -0.2) is 14.8 Å². The van der Waals surface area contributed by atoms with Crippen molar-refractivity contribution in [2.24, 2.45) is 0 Å². The topological polar surface area (TPSA) is 32.3 Å². The Labute approximate surface area is 47.4 Å². The minimum atomic E-state index is -0.795. The van der Waals surface area contributed by atoms with Gasteiger partial charge in [-0.15, -0.1) is 0 Å². The van der Waals surface area contributed by atoms with E-state index >= 15 is 0 Å². The predicted molar refractivity (Wildman–Crippen MR) is 39.5 cm³/mol. The van der Waals surface area contributed by atoms with E-state index in [0.717, 1.165) is 0 Å². The molecule has 2 nitrogen and oxygen atoms in total. The van der Waals surface area contributed by atoms with E-state index < -0.39 is 20.1 Å². The van der Waals surface area contributed by atoms with Crippen LogP contribution in [0.2, 0.25) is 0 Å². The van der Waals surface area contributed by atoms with Crippen LogP contribution in [0.3, 0.4) is 0 Å². The summed E-state index contributed by atoms with van der Waals surface area (Å²) in [5.74, 6) is 0. The molecule has 0 radical (unpaired) electrons. The monoisotopic (exact) mass is 221 g/mol. The number of hydrogen-bond donors (Lipinski definition) is 2. The second kappa shape index (κ2) is 4.24. The molecular weight excluding hydrogens is 212 g/mol. The Balaban J connectivity index is 2.63. The van der Waals surface area contributed by atoms with Crippen LogP contribution in [0.15, 0.2) is 0 Å². The molecule has 0 bridgehead atoms. The molecule has 0 saturated carbocycles. The molecule has 2 N–H and O–H groups in total. The van der Waals surface area contributed by atoms with Crippen molar-refractivity contribution in [1.29, 1.82) is 0 Å². The molecule has 0 spiro atoms. The fourth-order valence-electron chi connectivity index (χ4n) is 0.0845. The van der Waals surface area contributed by atoms with Crippen molar-refractivity contribution in [3.05, 3.63) is 0 Å². The maximum absolute atomic E-state index is 8.19. The van der Waals surface area contributed by atoms with Crippen molar-refractivity contribution in [3.63, 3.8) is 0 Å². The number of hydrogen-bond acceptors (Lipinski definition) is 2. The van der Waals surface area contributed by atoms with Crippen molar-refractivity contribution in [2.45, 2.75) is 0 Å². The number of rotatable bonds is 2. The maximum atomic E-state index is 8.19. The van der Waals surface area contributed by atoms with E-state index in [4.69, 9.17) is 4.89 Å². The Morgan fingerprint density at radius 3 is 2.17 bits per heavy atom. The molecule has 4 heteroatoms. The van der Waals surface area contributed by atoms with E-state index in [0.29, 0.717) is 0 Å². The number of alkyl halides is 2. The average Bonchev–Trinajstić information content (AvgIpc) is 1.35. The molecule has 0 aromatic carbocycles. The molecule has 0 aromatic rings. The van der Waals surface area contributed by atoms with Gasteiger partial charge in [0.05, 0.1) is 0 Å².